The van der Waals surface area contributed by atoms with Crippen molar-refractivity contribution < 1.29 is 14.3 Å². The smallest absolute Gasteiger partial charge is 0.238 e. The zero-order chi connectivity index (χ0) is 18.8. The molecule has 2 rings (SSSR count). The molecule has 9 heteroatoms. The number of nitrogens with one attached hydrogen (secondary N) is 3. The fourth-order valence-corrected chi connectivity index (χ4v) is 2.93. The highest BCUT2D eigenvalue weighted by Gasteiger charge is 2.14. The van der Waals surface area contributed by atoms with Gasteiger partial charge < -0.3 is 20.7 Å². The highest BCUT2D eigenvalue weighted by molar-refractivity contribution is 5.96. The maximum Gasteiger partial charge on any atom is 0.238 e. The minimum atomic E-state index is -0.129. The first kappa shape index (κ1) is 26.6. The lowest BCUT2D eigenvalue weighted by atomic mass is 10.1. The summed E-state index contributed by atoms with van der Waals surface area (Å²) in [6, 6.07) is 5.53. The minimum Gasteiger partial charge on any atom is -0.383 e. The topological polar surface area (TPSA) is 82.7 Å². The number of ether oxygens (including phenoxy) is 1. The van der Waals surface area contributed by atoms with Gasteiger partial charge in [-0.2, -0.15) is 0 Å². The molecule has 0 aliphatic carbocycles. The number of benzene rings is 1. The van der Waals surface area contributed by atoms with Crippen molar-refractivity contribution in [2.45, 2.75) is 26.2 Å². The van der Waals surface area contributed by atoms with Gasteiger partial charge in [0.15, 0.2) is 0 Å². The third kappa shape index (κ3) is 9.71. The second kappa shape index (κ2) is 14.6. The standard InChI is InChI=1S/C19H30N4O3.2ClH/c1-15-6-7-16(21-18(24)13-20-8-11-26-2)12-17(15)22-19(25)14-23-9-4-3-5-10-23;;/h6-7,12,20H,3-5,8-11,13-14H2,1-2H3,(H,21,24)(H,22,25);2*1H. The maximum absolute atomic E-state index is 12.3. The van der Waals surface area contributed by atoms with Gasteiger partial charge in [0.05, 0.1) is 19.7 Å². The van der Waals surface area contributed by atoms with E-state index in [1.807, 2.05) is 19.1 Å². The van der Waals surface area contributed by atoms with Crippen molar-refractivity contribution in [2.75, 3.05) is 57.1 Å². The normalized spacial score (nSPS) is 13.8. The SMILES string of the molecule is COCCNCC(=O)Nc1ccc(C)c(NC(=O)CN2CCCCC2)c1.Cl.Cl. The molecule has 160 valence electrons. The monoisotopic (exact) mass is 434 g/mol. The molecule has 1 saturated heterocycles. The summed E-state index contributed by atoms with van der Waals surface area (Å²) >= 11 is 0. The lowest BCUT2D eigenvalue weighted by Gasteiger charge is -2.25. The van der Waals surface area contributed by atoms with Crippen LogP contribution in [-0.4, -0.2) is 63.2 Å². The Hall–Kier alpha value is -1.38. The average molecular weight is 435 g/mol. The number of methoxy groups -OCH3 is 1. The summed E-state index contributed by atoms with van der Waals surface area (Å²) in [6.07, 6.45) is 3.57. The Labute approximate surface area is 179 Å². The van der Waals surface area contributed by atoms with Crippen molar-refractivity contribution in [3.8, 4) is 0 Å². The molecule has 3 N–H and O–H groups in total. The predicted molar refractivity (Wildman–Crippen MR) is 118 cm³/mol. The van der Waals surface area contributed by atoms with Crippen LogP contribution in [0.1, 0.15) is 24.8 Å². The molecule has 7 nitrogen and oxygen atoms in total. The van der Waals surface area contributed by atoms with Crippen molar-refractivity contribution in [3.63, 3.8) is 0 Å². The molecule has 2 amide bonds. The molecular weight excluding hydrogens is 403 g/mol. The van der Waals surface area contributed by atoms with E-state index < -0.39 is 0 Å². The Morgan fingerprint density at radius 1 is 1.07 bits per heavy atom. The molecule has 0 saturated carbocycles. The second-order valence-electron chi connectivity index (χ2n) is 6.63. The number of piperidine rings is 1. The number of carbonyl (C=O) groups is 2. The van der Waals surface area contributed by atoms with Crippen LogP contribution in [0.4, 0.5) is 11.4 Å². The number of anilines is 2. The highest BCUT2D eigenvalue weighted by Crippen LogP contribution is 2.20. The molecule has 0 unspecified atom stereocenters. The van der Waals surface area contributed by atoms with E-state index in [0.29, 0.717) is 25.4 Å². The fraction of sp³-hybridized carbons (Fsp3) is 0.579. The Morgan fingerprint density at radius 2 is 1.79 bits per heavy atom. The quantitative estimate of drug-likeness (QED) is 0.519. The van der Waals surface area contributed by atoms with Gasteiger partial charge in [-0.3, -0.25) is 14.5 Å². The summed E-state index contributed by atoms with van der Waals surface area (Å²) < 4.78 is 4.92. The highest BCUT2D eigenvalue weighted by atomic mass is 35.5. The molecule has 28 heavy (non-hydrogen) atoms. The summed E-state index contributed by atoms with van der Waals surface area (Å²) in [4.78, 5) is 26.4. The largest absolute Gasteiger partial charge is 0.383 e. The van der Waals surface area contributed by atoms with Crippen molar-refractivity contribution in [2.24, 2.45) is 0 Å². The first-order valence-electron chi connectivity index (χ1n) is 9.21. The number of hydrogen-bond acceptors (Lipinski definition) is 5. The van der Waals surface area contributed by atoms with Crippen LogP contribution in [0.2, 0.25) is 0 Å². The first-order valence-corrected chi connectivity index (χ1v) is 9.21. The summed E-state index contributed by atoms with van der Waals surface area (Å²) in [6.45, 7) is 5.72. The molecule has 0 spiro atoms. The summed E-state index contributed by atoms with van der Waals surface area (Å²) in [5.74, 6) is -0.143. The van der Waals surface area contributed by atoms with Gasteiger partial charge >= 0.3 is 0 Å². The van der Waals surface area contributed by atoms with E-state index in [9.17, 15) is 9.59 Å². The molecule has 0 aromatic heterocycles. The first-order chi connectivity index (χ1) is 12.6. The van der Waals surface area contributed by atoms with Gasteiger partial charge in [-0.25, -0.2) is 0 Å². The number of hydrogen-bond donors (Lipinski definition) is 3. The molecule has 1 aliphatic heterocycles. The zero-order valence-electron chi connectivity index (χ0n) is 16.6. The van der Waals surface area contributed by atoms with E-state index in [1.165, 1.54) is 6.42 Å². The van der Waals surface area contributed by atoms with Gasteiger partial charge in [-0.1, -0.05) is 12.5 Å². The van der Waals surface area contributed by atoms with E-state index in [1.54, 1.807) is 13.2 Å². The summed E-state index contributed by atoms with van der Waals surface area (Å²) in [7, 11) is 1.62. The molecule has 1 aliphatic rings. The van der Waals surface area contributed by atoms with Gasteiger partial charge in [-0.05, 0) is 50.6 Å². The van der Waals surface area contributed by atoms with Crippen LogP contribution in [0.15, 0.2) is 18.2 Å². The van der Waals surface area contributed by atoms with Gasteiger partial charge in [-0.15, -0.1) is 24.8 Å². The van der Waals surface area contributed by atoms with E-state index in [-0.39, 0.29) is 43.2 Å². The fourth-order valence-electron chi connectivity index (χ4n) is 2.93. The van der Waals surface area contributed by atoms with E-state index in [0.717, 1.165) is 37.2 Å². The number of aryl methyl sites for hydroxylation is 1. The number of rotatable bonds is 9. The summed E-state index contributed by atoms with van der Waals surface area (Å²) in [5, 5.41) is 8.80. The molecular formula is C19H32Cl2N4O3. The van der Waals surface area contributed by atoms with E-state index in [4.69, 9.17) is 4.74 Å². The molecule has 1 aromatic rings. The Balaban J connectivity index is 0.00000364. The molecule has 0 radical (unpaired) electrons. The predicted octanol–water partition coefficient (Wildman–Crippen LogP) is 2.44. The van der Waals surface area contributed by atoms with Crippen LogP contribution in [0, 0.1) is 6.92 Å². The molecule has 1 heterocycles. The van der Waals surface area contributed by atoms with Crippen LogP contribution < -0.4 is 16.0 Å². The number of amides is 2. The molecule has 0 atom stereocenters. The molecule has 0 bridgehead atoms. The second-order valence-corrected chi connectivity index (χ2v) is 6.63. The Bertz CT molecular complexity index is 611. The van der Waals surface area contributed by atoms with Crippen molar-refractivity contribution in [1.29, 1.82) is 0 Å². The lowest BCUT2D eigenvalue weighted by molar-refractivity contribution is -0.117. The van der Waals surface area contributed by atoms with Crippen molar-refractivity contribution in [1.82, 2.24) is 10.2 Å². The van der Waals surface area contributed by atoms with Gasteiger partial charge in [0.2, 0.25) is 11.8 Å². The molecule has 1 fully saturated rings. The number of nitrogens with zero attached hydrogens (tertiary/aromatic N) is 1. The van der Waals surface area contributed by atoms with Crippen LogP contribution in [0.3, 0.4) is 0 Å². The number of carbonyl (C=O) groups excluding carboxylic acids is 2. The third-order valence-corrected chi connectivity index (χ3v) is 4.38. The summed E-state index contributed by atoms with van der Waals surface area (Å²) in [5.41, 5.74) is 2.37. The lowest BCUT2D eigenvalue weighted by Crippen LogP contribution is -2.36. The minimum absolute atomic E-state index is 0. The van der Waals surface area contributed by atoms with Gasteiger partial charge in [0, 0.05) is 25.0 Å². The average Bonchev–Trinajstić information content (AvgIpc) is 2.62. The maximum atomic E-state index is 12.3. The van der Waals surface area contributed by atoms with Crippen LogP contribution >= 0.6 is 24.8 Å². The number of halogens is 2. The zero-order valence-corrected chi connectivity index (χ0v) is 18.2. The third-order valence-electron chi connectivity index (χ3n) is 4.38. The molecule has 1 aromatic carbocycles. The van der Waals surface area contributed by atoms with Crippen molar-refractivity contribution in [3.05, 3.63) is 23.8 Å². The van der Waals surface area contributed by atoms with E-state index >= 15 is 0 Å². The Morgan fingerprint density at radius 3 is 2.46 bits per heavy atom. The van der Waals surface area contributed by atoms with E-state index in [2.05, 4.69) is 20.9 Å². The van der Waals surface area contributed by atoms with Gasteiger partial charge in [0.1, 0.15) is 0 Å². The van der Waals surface area contributed by atoms with Crippen LogP contribution in [0.5, 0.6) is 0 Å². The van der Waals surface area contributed by atoms with Crippen LogP contribution in [-0.2, 0) is 14.3 Å². The van der Waals surface area contributed by atoms with Crippen LogP contribution in [0.25, 0.3) is 0 Å². The van der Waals surface area contributed by atoms with Crippen molar-refractivity contribution >= 4 is 48.0 Å². The van der Waals surface area contributed by atoms with Gasteiger partial charge in [0.25, 0.3) is 0 Å². The number of likely N-dealkylation sites (tertiary alicyclic amines) is 1. The Kier molecular flexibility index (Phi) is 13.9.